The fourth-order valence-electron chi connectivity index (χ4n) is 2.91. The van der Waals surface area contributed by atoms with Crippen LogP contribution in [-0.2, 0) is 16.0 Å². The lowest BCUT2D eigenvalue weighted by Gasteiger charge is -2.37. The highest BCUT2D eigenvalue weighted by Crippen LogP contribution is 2.38. The minimum atomic E-state index is -2.93. The molecule has 1 aromatic carbocycles. The van der Waals surface area contributed by atoms with Crippen molar-refractivity contribution in [1.29, 1.82) is 0 Å². The number of hydrogen-bond acceptors (Lipinski definition) is 5. The van der Waals surface area contributed by atoms with E-state index in [1.165, 1.54) is 6.07 Å². The summed E-state index contributed by atoms with van der Waals surface area (Å²) >= 11 is -2.06. The van der Waals surface area contributed by atoms with Gasteiger partial charge in [-0.1, -0.05) is 0 Å². The normalized spacial score (nSPS) is 20.8. The summed E-state index contributed by atoms with van der Waals surface area (Å²) in [7, 11) is 0. The van der Waals surface area contributed by atoms with Crippen molar-refractivity contribution in [2.45, 2.75) is 5.92 Å². The van der Waals surface area contributed by atoms with Crippen LogP contribution in [0.5, 0.6) is 5.75 Å². The van der Waals surface area contributed by atoms with E-state index in [1.54, 1.807) is 0 Å². The maximum atomic E-state index is 15.0. The molecule has 4 rings (SSSR count). The standard InChI is InChI=1S/C15H12F3N5O4S/c16-12-9(1-2-10(24)13(12)23-5-11(25)20-28(23)27)8-3-19-22(4-8)14(26)21-6-15(17,18)7-21/h1-4,24H,5-7H2,(H,20,25). The third kappa shape index (κ3) is 2.96. The smallest absolute Gasteiger partial charge is 0.345 e. The van der Waals surface area contributed by atoms with Crippen LogP contribution in [0.4, 0.5) is 23.7 Å². The Morgan fingerprint density at radius 1 is 1.32 bits per heavy atom. The zero-order valence-corrected chi connectivity index (χ0v) is 14.8. The van der Waals surface area contributed by atoms with Crippen molar-refractivity contribution < 1.29 is 32.1 Å². The van der Waals surface area contributed by atoms with Gasteiger partial charge in [-0.2, -0.15) is 9.78 Å². The molecular formula is C15H12F3N5O4S. The van der Waals surface area contributed by atoms with Gasteiger partial charge in [-0.3, -0.25) is 13.8 Å². The number of amides is 2. The Morgan fingerprint density at radius 2 is 2.04 bits per heavy atom. The largest absolute Gasteiger partial charge is 0.506 e. The van der Waals surface area contributed by atoms with Crippen molar-refractivity contribution in [1.82, 2.24) is 19.4 Å². The summed E-state index contributed by atoms with van der Waals surface area (Å²) in [6, 6.07) is 1.57. The Morgan fingerprint density at radius 3 is 2.64 bits per heavy atom. The molecule has 2 aliphatic rings. The molecule has 13 heteroatoms. The first-order valence-corrected chi connectivity index (χ1v) is 8.99. The molecular weight excluding hydrogens is 403 g/mol. The number of alkyl halides is 2. The van der Waals surface area contributed by atoms with Crippen LogP contribution in [0, 0.1) is 5.82 Å². The van der Waals surface area contributed by atoms with Gasteiger partial charge >= 0.3 is 6.03 Å². The van der Waals surface area contributed by atoms with E-state index >= 15 is 4.39 Å². The van der Waals surface area contributed by atoms with Gasteiger partial charge in [0.1, 0.15) is 18.0 Å². The van der Waals surface area contributed by atoms with E-state index in [1.807, 2.05) is 0 Å². The first-order valence-electron chi connectivity index (χ1n) is 7.89. The fourth-order valence-corrected chi connectivity index (χ4v) is 3.85. The predicted molar refractivity (Wildman–Crippen MR) is 90.2 cm³/mol. The summed E-state index contributed by atoms with van der Waals surface area (Å²) < 4.78 is 56.5. The second-order valence-corrected chi connectivity index (χ2v) is 7.42. The van der Waals surface area contributed by atoms with Crippen molar-refractivity contribution in [3.05, 3.63) is 30.3 Å². The van der Waals surface area contributed by atoms with Crippen LogP contribution >= 0.6 is 0 Å². The Kier molecular flexibility index (Phi) is 4.06. The minimum Gasteiger partial charge on any atom is -0.506 e. The summed E-state index contributed by atoms with van der Waals surface area (Å²) in [5.74, 6) is -5.04. The predicted octanol–water partition coefficient (Wildman–Crippen LogP) is 0.829. The van der Waals surface area contributed by atoms with Crippen LogP contribution in [0.1, 0.15) is 0 Å². The van der Waals surface area contributed by atoms with Crippen molar-refractivity contribution in [2.75, 3.05) is 23.9 Å². The highest BCUT2D eigenvalue weighted by atomic mass is 32.2. The Labute approximate surface area is 158 Å². The van der Waals surface area contributed by atoms with Crippen LogP contribution in [0.25, 0.3) is 11.1 Å². The topological polar surface area (TPSA) is 108 Å². The third-order valence-corrected chi connectivity index (χ3v) is 5.35. The number of benzene rings is 1. The number of rotatable bonds is 2. The van der Waals surface area contributed by atoms with Crippen molar-refractivity contribution in [3.8, 4) is 16.9 Å². The number of likely N-dealkylation sites (tertiary alicyclic amines) is 1. The minimum absolute atomic E-state index is 0.0860. The van der Waals surface area contributed by atoms with Gasteiger partial charge in [-0.25, -0.2) is 22.2 Å². The molecule has 148 valence electrons. The van der Waals surface area contributed by atoms with Gasteiger partial charge in [0.15, 0.2) is 5.82 Å². The molecule has 2 aliphatic heterocycles. The number of phenolic OH excluding ortho intramolecular Hbond substituents is 1. The molecule has 1 atom stereocenters. The van der Waals surface area contributed by atoms with Gasteiger partial charge < -0.3 is 10.0 Å². The highest BCUT2D eigenvalue weighted by molar-refractivity contribution is 7.85. The molecule has 2 N–H and O–H groups in total. The van der Waals surface area contributed by atoms with Crippen molar-refractivity contribution in [3.63, 3.8) is 0 Å². The van der Waals surface area contributed by atoms with Crippen LogP contribution < -0.4 is 9.03 Å². The summed E-state index contributed by atoms with van der Waals surface area (Å²) in [6.07, 6.45) is 2.31. The average molecular weight is 415 g/mol. The second-order valence-electron chi connectivity index (χ2n) is 6.27. The molecule has 2 aromatic rings. The monoisotopic (exact) mass is 415 g/mol. The number of phenols is 1. The summed E-state index contributed by atoms with van der Waals surface area (Å²) in [4.78, 5) is 24.4. The molecule has 0 spiro atoms. The lowest BCUT2D eigenvalue weighted by molar-refractivity contribution is -0.117. The first-order chi connectivity index (χ1) is 13.2. The van der Waals surface area contributed by atoms with Crippen LogP contribution in [0.2, 0.25) is 0 Å². The van der Waals surface area contributed by atoms with E-state index in [0.29, 0.717) is 0 Å². The Balaban J connectivity index is 1.65. The number of nitrogens with one attached hydrogen (secondary N) is 1. The number of halogens is 3. The molecule has 9 nitrogen and oxygen atoms in total. The van der Waals surface area contributed by atoms with E-state index in [-0.39, 0.29) is 11.1 Å². The lowest BCUT2D eigenvalue weighted by atomic mass is 10.1. The third-order valence-electron chi connectivity index (χ3n) is 4.24. The highest BCUT2D eigenvalue weighted by Gasteiger charge is 2.47. The van der Waals surface area contributed by atoms with Crippen LogP contribution in [0.15, 0.2) is 24.5 Å². The first kappa shape index (κ1) is 18.3. The number of hydrogen-bond donors (Lipinski definition) is 2. The number of aromatic nitrogens is 2. The van der Waals surface area contributed by atoms with E-state index in [4.69, 9.17) is 0 Å². The SMILES string of the molecule is O=C1CN(c2c(O)ccc(-c3cnn(C(=O)N4CC(F)(F)C4)c3)c2F)S(=O)N1. The molecule has 28 heavy (non-hydrogen) atoms. The molecule has 0 saturated carbocycles. The van der Waals surface area contributed by atoms with E-state index in [0.717, 1.165) is 32.3 Å². The van der Waals surface area contributed by atoms with Crippen molar-refractivity contribution in [2.24, 2.45) is 0 Å². The maximum Gasteiger partial charge on any atom is 0.345 e. The van der Waals surface area contributed by atoms with Gasteiger partial charge in [0.25, 0.3) is 11.8 Å². The van der Waals surface area contributed by atoms with Gasteiger partial charge in [0.05, 0.1) is 19.3 Å². The molecule has 0 radical (unpaired) electrons. The van der Waals surface area contributed by atoms with Crippen LogP contribution in [0.3, 0.4) is 0 Å². The Bertz CT molecular complexity index is 1020. The van der Waals surface area contributed by atoms with Gasteiger partial charge in [0, 0.05) is 17.3 Å². The molecule has 3 heterocycles. The number of carbonyl (C=O) groups is 2. The number of aromatic hydroxyl groups is 1. The zero-order valence-electron chi connectivity index (χ0n) is 13.9. The fraction of sp³-hybridized carbons (Fsp3) is 0.267. The summed E-state index contributed by atoms with van der Waals surface area (Å²) in [6.45, 7) is -1.86. The summed E-state index contributed by atoms with van der Waals surface area (Å²) in [5.41, 5.74) is -0.406. The quantitative estimate of drug-likeness (QED) is 0.756. The van der Waals surface area contributed by atoms with Gasteiger partial charge in [0.2, 0.25) is 11.2 Å². The van der Waals surface area contributed by atoms with Crippen molar-refractivity contribution >= 4 is 28.8 Å². The molecule has 0 aliphatic carbocycles. The van der Waals surface area contributed by atoms with E-state index in [2.05, 4.69) is 9.82 Å². The van der Waals surface area contributed by atoms with Crippen LogP contribution in [-0.4, -0.2) is 61.5 Å². The average Bonchev–Trinajstić information content (AvgIpc) is 3.19. The molecule has 1 unspecified atom stereocenters. The molecule has 2 amide bonds. The molecule has 1 aromatic heterocycles. The van der Waals surface area contributed by atoms with Gasteiger partial charge in [-0.05, 0) is 12.1 Å². The lowest BCUT2D eigenvalue weighted by Crippen LogP contribution is -2.59. The van der Waals surface area contributed by atoms with E-state index < -0.39 is 65.9 Å². The molecule has 2 fully saturated rings. The van der Waals surface area contributed by atoms with Gasteiger partial charge in [-0.15, -0.1) is 0 Å². The zero-order chi connectivity index (χ0) is 20.2. The maximum absolute atomic E-state index is 15.0. The molecule has 2 saturated heterocycles. The second kappa shape index (κ2) is 6.22. The Hall–Kier alpha value is -3.09. The van der Waals surface area contributed by atoms with E-state index in [9.17, 15) is 27.7 Å². The summed E-state index contributed by atoms with van der Waals surface area (Å²) in [5, 5.41) is 13.7. The molecule has 0 bridgehead atoms. The number of anilines is 1. The number of nitrogens with zero attached hydrogens (tertiary/aromatic N) is 4. The number of carbonyl (C=O) groups excluding carboxylic acids is 2.